The topological polar surface area (TPSA) is 97.1 Å². The Balaban J connectivity index is 1.42. The van der Waals surface area contributed by atoms with Crippen molar-refractivity contribution in [3.05, 3.63) is 36.0 Å². The molecule has 2 aliphatic rings. The minimum atomic E-state index is -0.689. The van der Waals surface area contributed by atoms with Crippen molar-refractivity contribution in [1.82, 2.24) is 19.5 Å². The Morgan fingerprint density at radius 2 is 1.80 bits per heavy atom. The van der Waals surface area contributed by atoms with E-state index >= 15 is 0 Å². The lowest BCUT2D eigenvalue weighted by atomic mass is 9.77. The standard InChI is InChI=1S/C25H32F2N6O2/c1-25(2,34)15-3-6-17(7-4-15)29-23-28-14-21-22(32-23)33(18-9-11-35-12-10-18)24(31-21)30-20-8-5-16(26)13-19(20)27/h5,8,13-15,17-18,34H,3-4,6-7,9-12H2,1-2H3,(H,30,31)(H,28,29,32)/t15-,17-. The molecule has 1 aromatic carbocycles. The van der Waals surface area contributed by atoms with Gasteiger partial charge in [-0.2, -0.15) is 4.98 Å². The van der Waals surface area contributed by atoms with Gasteiger partial charge < -0.3 is 20.5 Å². The van der Waals surface area contributed by atoms with Crippen LogP contribution in [0.5, 0.6) is 0 Å². The van der Waals surface area contributed by atoms with Crippen molar-refractivity contribution in [3.63, 3.8) is 0 Å². The molecule has 0 radical (unpaired) electrons. The number of hydrogen-bond acceptors (Lipinski definition) is 7. The highest BCUT2D eigenvalue weighted by atomic mass is 19.1. The third-order valence-corrected chi connectivity index (χ3v) is 7.23. The lowest BCUT2D eigenvalue weighted by Gasteiger charge is -2.36. The minimum absolute atomic E-state index is 0.0738. The average molecular weight is 487 g/mol. The molecule has 1 saturated heterocycles. The summed E-state index contributed by atoms with van der Waals surface area (Å²) in [6.45, 7) is 5.00. The van der Waals surface area contributed by atoms with Crippen LogP contribution in [0.2, 0.25) is 0 Å². The lowest BCUT2D eigenvalue weighted by Crippen LogP contribution is -2.37. The molecule has 2 fully saturated rings. The van der Waals surface area contributed by atoms with Crippen molar-refractivity contribution in [2.75, 3.05) is 23.8 Å². The number of imidazole rings is 1. The second-order valence-corrected chi connectivity index (χ2v) is 10.1. The maximum absolute atomic E-state index is 14.4. The first-order valence-corrected chi connectivity index (χ1v) is 12.3. The van der Waals surface area contributed by atoms with Gasteiger partial charge in [0, 0.05) is 31.4 Å². The fourth-order valence-corrected chi connectivity index (χ4v) is 5.18. The molecule has 8 nitrogen and oxygen atoms in total. The number of nitrogens with one attached hydrogen (secondary N) is 2. The first-order chi connectivity index (χ1) is 16.8. The van der Waals surface area contributed by atoms with Crippen molar-refractivity contribution in [2.45, 2.75) is 70.1 Å². The molecule has 1 aliphatic carbocycles. The number of anilines is 3. The van der Waals surface area contributed by atoms with Crippen LogP contribution < -0.4 is 10.6 Å². The molecule has 35 heavy (non-hydrogen) atoms. The molecule has 0 spiro atoms. The van der Waals surface area contributed by atoms with Gasteiger partial charge in [-0.25, -0.2) is 18.7 Å². The second-order valence-electron chi connectivity index (χ2n) is 10.1. The summed E-state index contributed by atoms with van der Waals surface area (Å²) in [6, 6.07) is 3.72. The molecular formula is C25H32F2N6O2. The fraction of sp³-hybridized carbons (Fsp3) is 0.560. The van der Waals surface area contributed by atoms with Crippen LogP contribution in [0.15, 0.2) is 24.4 Å². The Hall–Kier alpha value is -2.85. The number of ether oxygens (including phenoxy) is 1. The summed E-state index contributed by atoms with van der Waals surface area (Å²) >= 11 is 0. The Bertz CT molecular complexity index is 1180. The molecule has 1 aliphatic heterocycles. The van der Waals surface area contributed by atoms with E-state index in [2.05, 4.69) is 20.6 Å². The van der Waals surface area contributed by atoms with Gasteiger partial charge in [0.1, 0.15) is 17.2 Å². The molecule has 188 valence electrons. The van der Waals surface area contributed by atoms with Crippen LogP contribution in [0.1, 0.15) is 58.4 Å². The van der Waals surface area contributed by atoms with Crippen LogP contribution in [-0.2, 0) is 4.74 Å². The van der Waals surface area contributed by atoms with Crippen LogP contribution in [-0.4, -0.2) is 49.5 Å². The van der Waals surface area contributed by atoms with Gasteiger partial charge >= 0.3 is 0 Å². The van der Waals surface area contributed by atoms with E-state index in [9.17, 15) is 13.9 Å². The third kappa shape index (κ3) is 5.23. The van der Waals surface area contributed by atoms with Gasteiger partial charge in [-0.05, 0) is 70.4 Å². The number of benzene rings is 1. The number of fused-ring (bicyclic) bond motifs is 1. The average Bonchev–Trinajstić information content (AvgIpc) is 3.18. The highest BCUT2D eigenvalue weighted by Crippen LogP contribution is 2.34. The SMILES string of the molecule is CC(C)(O)[C@H]1CC[C@H](Nc2ncc3nc(Nc4ccc(F)cc4F)n(C4CCOCC4)c3n2)CC1. The molecule has 0 amide bonds. The van der Waals surface area contributed by atoms with Crippen LogP contribution in [0, 0.1) is 17.6 Å². The molecule has 0 atom stereocenters. The monoisotopic (exact) mass is 486 g/mol. The zero-order valence-electron chi connectivity index (χ0n) is 20.1. The summed E-state index contributed by atoms with van der Waals surface area (Å²) in [5.41, 5.74) is 0.733. The van der Waals surface area contributed by atoms with Crippen molar-refractivity contribution in [2.24, 2.45) is 5.92 Å². The molecule has 0 unspecified atom stereocenters. The maximum Gasteiger partial charge on any atom is 0.224 e. The van der Waals surface area contributed by atoms with E-state index in [1.807, 2.05) is 18.4 Å². The molecule has 1 saturated carbocycles. The lowest BCUT2D eigenvalue weighted by molar-refractivity contribution is -0.000414. The molecule has 2 aromatic heterocycles. The Kier molecular flexibility index (Phi) is 6.59. The van der Waals surface area contributed by atoms with Gasteiger partial charge in [0.2, 0.25) is 11.9 Å². The summed E-state index contributed by atoms with van der Waals surface area (Å²) in [5.74, 6) is -0.0688. The Morgan fingerprint density at radius 3 is 2.49 bits per heavy atom. The van der Waals surface area contributed by atoms with Gasteiger partial charge in [-0.15, -0.1) is 0 Å². The number of rotatable bonds is 6. The number of hydrogen-bond donors (Lipinski definition) is 3. The number of halogens is 2. The van der Waals surface area contributed by atoms with Gasteiger partial charge in [-0.3, -0.25) is 4.57 Å². The first-order valence-electron chi connectivity index (χ1n) is 12.3. The maximum atomic E-state index is 14.4. The van der Waals surface area contributed by atoms with E-state index in [0.29, 0.717) is 42.2 Å². The van der Waals surface area contributed by atoms with Gasteiger partial charge in [0.15, 0.2) is 5.65 Å². The van der Waals surface area contributed by atoms with Gasteiger partial charge in [0.05, 0.1) is 17.5 Å². The molecule has 10 heteroatoms. The largest absolute Gasteiger partial charge is 0.390 e. The quantitative estimate of drug-likeness (QED) is 0.454. The predicted molar refractivity (Wildman–Crippen MR) is 130 cm³/mol. The van der Waals surface area contributed by atoms with Crippen LogP contribution >= 0.6 is 0 Å². The molecule has 3 aromatic rings. The van der Waals surface area contributed by atoms with Crippen LogP contribution in [0.3, 0.4) is 0 Å². The van der Waals surface area contributed by atoms with E-state index < -0.39 is 17.2 Å². The Morgan fingerprint density at radius 1 is 1.06 bits per heavy atom. The molecule has 3 heterocycles. The first kappa shape index (κ1) is 23.9. The van der Waals surface area contributed by atoms with E-state index in [1.165, 1.54) is 12.1 Å². The Labute approximate surface area is 203 Å². The highest BCUT2D eigenvalue weighted by Gasteiger charge is 2.31. The minimum Gasteiger partial charge on any atom is -0.390 e. The molecule has 0 bridgehead atoms. The third-order valence-electron chi connectivity index (χ3n) is 7.23. The van der Waals surface area contributed by atoms with Crippen molar-refractivity contribution in [3.8, 4) is 0 Å². The smallest absolute Gasteiger partial charge is 0.224 e. The number of nitrogens with zero attached hydrogens (tertiary/aromatic N) is 4. The van der Waals surface area contributed by atoms with Crippen LogP contribution in [0.4, 0.5) is 26.4 Å². The molecule has 5 rings (SSSR count). The summed E-state index contributed by atoms with van der Waals surface area (Å²) in [4.78, 5) is 13.9. The predicted octanol–water partition coefficient (Wildman–Crippen LogP) is 4.94. The van der Waals surface area contributed by atoms with E-state index in [4.69, 9.17) is 9.72 Å². The van der Waals surface area contributed by atoms with Crippen molar-refractivity contribution >= 4 is 28.7 Å². The zero-order chi connectivity index (χ0) is 24.6. The van der Waals surface area contributed by atoms with Crippen LogP contribution in [0.25, 0.3) is 11.2 Å². The second kappa shape index (κ2) is 9.66. The summed E-state index contributed by atoms with van der Waals surface area (Å²) < 4.78 is 35.3. The van der Waals surface area contributed by atoms with Gasteiger partial charge in [-0.1, -0.05) is 0 Å². The molecular weight excluding hydrogens is 454 g/mol. The zero-order valence-corrected chi connectivity index (χ0v) is 20.1. The normalized spacial score (nSPS) is 21.9. The number of aliphatic hydroxyl groups is 1. The number of aromatic nitrogens is 4. The fourth-order valence-electron chi connectivity index (χ4n) is 5.18. The van der Waals surface area contributed by atoms with E-state index in [-0.39, 0.29) is 17.8 Å². The van der Waals surface area contributed by atoms with Crippen molar-refractivity contribution in [1.29, 1.82) is 0 Å². The summed E-state index contributed by atoms with van der Waals surface area (Å²) in [7, 11) is 0. The van der Waals surface area contributed by atoms with Gasteiger partial charge in [0.25, 0.3) is 0 Å². The van der Waals surface area contributed by atoms with E-state index in [0.717, 1.165) is 44.6 Å². The molecule has 3 N–H and O–H groups in total. The van der Waals surface area contributed by atoms with E-state index in [1.54, 1.807) is 6.20 Å². The van der Waals surface area contributed by atoms with Crippen molar-refractivity contribution < 1.29 is 18.6 Å². The summed E-state index contributed by atoms with van der Waals surface area (Å²) in [5, 5.41) is 16.8. The highest BCUT2D eigenvalue weighted by molar-refractivity contribution is 5.76. The summed E-state index contributed by atoms with van der Waals surface area (Å²) in [6.07, 6.45) is 6.99.